The molecule has 0 bridgehead atoms. The van der Waals surface area contributed by atoms with Gasteiger partial charge in [-0.2, -0.15) is 0 Å². The quantitative estimate of drug-likeness (QED) is 0.364. The minimum atomic E-state index is -0.663. The molecule has 0 aliphatic rings. The van der Waals surface area contributed by atoms with Gasteiger partial charge in [0, 0.05) is 13.1 Å². The zero-order valence-corrected chi connectivity index (χ0v) is 19.0. The van der Waals surface area contributed by atoms with Crippen molar-refractivity contribution >= 4 is 23.0 Å². The van der Waals surface area contributed by atoms with E-state index >= 15 is 0 Å². The number of hydrogen-bond acceptors (Lipinski definition) is 6. The van der Waals surface area contributed by atoms with Gasteiger partial charge in [-0.3, -0.25) is 14.4 Å². The number of nitrogens with zero attached hydrogens (tertiary/aromatic N) is 1. The van der Waals surface area contributed by atoms with Gasteiger partial charge in [-0.05, 0) is 50.5 Å². The summed E-state index contributed by atoms with van der Waals surface area (Å²) in [5.74, 6) is -0.593. The number of carbonyl (C=O) groups is 1. The third-order valence-corrected chi connectivity index (χ3v) is 5.68. The predicted molar refractivity (Wildman–Crippen MR) is 128 cm³/mol. The third-order valence-electron chi connectivity index (χ3n) is 5.68. The van der Waals surface area contributed by atoms with Crippen molar-refractivity contribution in [3.8, 4) is 5.75 Å². The Bertz CT molecular complexity index is 1190. The lowest BCUT2D eigenvalue weighted by Crippen LogP contribution is -2.37. The van der Waals surface area contributed by atoms with E-state index in [2.05, 4.69) is 10.6 Å². The Kier molecular flexibility index (Phi) is 6.67. The highest BCUT2D eigenvalue weighted by Gasteiger charge is 2.26. The number of nitrogens with one attached hydrogen (secondary N) is 2. The summed E-state index contributed by atoms with van der Waals surface area (Å²) in [6.45, 7) is 7.53. The molecule has 7 nitrogen and oxygen atoms in total. The van der Waals surface area contributed by atoms with E-state index in [-0.39, 0.29) is 46.4 Å². The molecule has 32 heavy (non-hydrogen) atoms. The van der Waals surface area contributed by atoms with Gasteiger partial charge in [0.25, 0.3) is 16.8 Å². The lowest BCUT2D eigenvalue weighted by atomic mass is 10.0. The van der Waals surface area contributed by atoms with Crippen LogP contribution in [-0.2, 0) is 0 Å². The summed E-state index contributed by atoms with van der Waals surface area (Å²) >= 11 is 0. The molecule has 3 aromatic rings. The first-order valence-electron chi connectivity index (χ1n) is 10.7. The van der Waals surface area contributed by atoms with E-state index in [1.54, 1.807) is 26.1 Å². The Labute approximate surface area is 187 Å². The minimum Gasteiger partial charge on any atom is -0.505 e. The van der Waals surface area contributed by atoms with Crippen molar-refractivity contribution < 1.29 is 9.90 Å². The summed E-state index contributed by atoms with van der Waals surface area (Å²) < 4.78 is 0. The van der Waals surface area contributed by atoms with Gasteiger partial charge < -0.3 is 20.6 Å². The van der Waals surface area contributed by atoms with Crippen molar-refractivity contribution in [3.05, 3.63) is 79.6 Å². The maximum atomic E-state index is 12.8. The van der Waals surface area contributed by atoms with Crippen LogP contribution in [0, 0.1) is 6.92 Å². The molecule has 3 rings (SSSR count). The van der Waals surface area contributed by atoms with Crippen LogP contribution < -0.4 is 21.5 Å². The number of anilines is 3. The standard InChI is InChI=1S/C25H29N3O4/c1-6-18(16-10-8-7-9-11-16)26-20-21(24(31)23(20)30)27-19-13-15(4)12-17(22(19)29)25(32)28(5)14(2)3/h7-14,18,26-27,29H,6H2,1-5H3/t18-/m1/s1. The van der Waals surface area contributed by atoms with E-state index in [0.717, 1.165) is 11.1 Å². The maximum Gasteiger partial charge on any atom is 0.257 e. The lowest BCUT2D eigenvalue weighted by molar-refractivity contribution is 0.0752. The lowest BCUT2D eigenvalue weighted by Gasteiger charge is -2.24. The van der Waals surface area contributed by atoms with Crippen LogP contribution >= 0.6 is 0 Å². The summed E-state index contributed by atoms with van der Waals surface area (Å²) in [6.07, 6.45) is 0.706. The minimum absolute atomic E-state index is 0.0490. The van der Waals surface area contributed by atoms with Crippen LogP contribution in [0.15, 0.2) is 52.1 Å². The molecule has 1 amide bonds. The van der Waals surface area contributed by atoms with Gasteiger partial charge in [0.05, 0.1) is 17.3 Å². The molecule has 7 heteroatoms. The van der Waals surface area contributed by atoms with Gasteiger partial charge in [0.15, 0.2) is 5.75 Å². The largest absolute Gasteiger partial charge is 0.505 e. The summed E-state index contributed by atoms with van der Waals surface area (Å²) in [4.78, 5) is 38.9. The Morgan fingerprint density at radius 3 is 2.28 bits per heavy atom. The zero-order valence-electron chi connectivity index (χ0n) is 19.0. The van der Waals surface area contributed by atoms with E-state index in [4.69, 9.17) is 0 Å². The van der Waals surface area contributed by atoms with E-state index < -0.39 is 10.9 Å². The van der Waals surface area contributed by atoms with Gasteiger partial charge >= 0.3 is 0 Å². The van der Waals surface area contributed by atoms with E-state index in [9.17, 15) is 19.5 Å². The predicted octanol–water partition coefficient (Wildman–Crippen LogP) is 4.08. The summed E-state index contributed by atoms with van der Waals surface area (Å²) in [7, 11) is 1.66. The summed E-state index contributed by atoms with van der Waals surface area (Å²) in [5.41, 5.74) is 1.06. The highest BCUT2D eigenvalue weighted by molar-refractivity contribution is 5.99. The van der Waals surface area contributed by atoms with Crippen LogP contribution in [0.3, 0.4) is 0 Å². The normalized spacial score (nSPS) is 12.1. The number of phenols is 1. The van der Waals surface area contributed by atoms with Gasteiger partial charge in [-0.1, -0.05) is 37.3 Å². The average Bonchev–Trinajstić information content (AvgIpc) is 2.79. The van der Waals surface area contributed by atoms with Crippen LogP contribution in [0.5, 0.6) is 5.75 Å². The van der Waals surface area contributed by atoms with Crippen molar-refractivity contribution in [2.24, 2.45) is 0 Å². The van der Waals surface area contributed by atoms with Crippen LogP contribution in [0.4, 0.5) is 17.1 Å². The van der Waals surface area contributed by atoms with Crippen LogP contribution in [0.1, 0.15) is 54.7 Å². The smallest absolute Gasteiger partial charge is 0.257 e. The molecule has 0 spiro atoms. The Balaban J connectivity index is 1.94. The molecule has 1 atom stereocenters. The van der Waals surface area contributed by atoms with Gasteiger partial charge in [0.1, 0.15) is 11.4 Å². The van der Waals surface area contributed by atoms with Crippen molar-refractivity contribution in [2.75, 3.05) is 17.7 Å². The molecule has 0 unspecified atom stereocenters. The molecular weight excluding hydrogens is 406 g/mol. The summed E-state index contributed by atoms with van der Waals surface area (Å²) in [5, 5.41) is 16.8. The number of carbonyl (C=O) groups excluding carboxylic acids is 1. The van der Waals surface area contributed by atoms with Crippen molar-refractivity contribution in [2.45, 2.75) is 46.2 Å². The van der Waals surface area contributed by atoms with Crippen molar-refractivity contribution in [3.63, 3.8) is 0 Å². The first-order valence-corrected chi connectivity index (χ1v) is 10.7. The molecule has 0 radical (unpaired) electrons. The van der Waals surface area contributed by atoms with Crippen LogP contribution in [0.2, 0.25) is 0 Å². The summed E-state index contributed by atoms with van der Waals surface area (Å²) in [6, 6.07) is 12.7. The number of hydrogen-bond donors (Lipinski definition) is 3. The van der Waals surface area contributed by atoms with Gasteiger partial charge in [-0.25, -0.2) is 0 Å². The number of amides is 1. The molecule has 0 aliphatic heterocycles. The second-order valence-corrected chi connectivity index (χ2v) is 8.27. The number of aryl methyl sites for hydroxylation is 1. The fourth-order valence-corrected chi connectivity index (χ4v) is 3.53. The number of rotatable bonds is 8. The highest BCUT2D eigenvalue weighted by atomic mass is 16.3. The SMILES string of the molecule is CC[C@@H](Nc1c(Nc2cc(C)cc(C(=O)N(C)C(C)C)c2O)c(=O)c1=O)c1ccccc1. The zero-order chi connectivity index (χ0) is 23.6. The second kappa shape index (κ2) is 9.26. The van der Waals surface area contributed by atoms with Crippen LogP contribution in [0.25, 0.3) is 0 Å². The Morgan fingerprint density at radius 2 is 1.69 bits per heavy atom. The Hall–Kier alpha value is -3.61. The number of phenolic OH excluding ortho intramolecular Hbond substituents is 1. The molecule has 0 fully saturated rings. The molecule has 0 saturated carbocycles. The second-order valence-electron chi connectivity index (χ2n) is 8.27. The van der Waals surface area contributed by atoms with E-state index in [0.29, 0.717) is 6.42 Å². The van der Waals surface area contributed by atoms with Gasteiger partial charge in [0.2, 0.25) is 0 Å². The maximum absolute atomic E-state index is 12.8. The van der Waals surface area contributed by atoms with Gasteiger partial charge in [-0.15, -0.1) is 0 Å². The fraction of sp³-hybridized carbons (Fsp3) is 0.320. The molecule has 0 heterocycles. The average molecular weight is 436 g/mol. The molecule has 0 aromatic heterocycles. The molecule has 3 N–H and O–H groups in total. The Morgan fingerprint density at radius 1 is 1.06 bits per heavy atom. The first kappa shape index (κ1) is 23.1. The van der Waals surface area contributed by atoms with E-state index in [1.807, 2.05) is 51.1 Å². The van der Waals surface area contributed by atoms with Crippen LogP contribution in [-0.4, -0.2) is 29.0 Å². The molecule has 0 saturated heterocycles. The molecular formula is C25H29N3O4. The molecule has 168 valence electrons. The topological polar surface area (TPSA) is 98.7 Å². The van der Waals surface area contributed by atoms with Crippen molar-refractivity contribution in [1.29, 1.82) is 0 Å². The fourth-order valence-electron chi connectivity index (χ4n) is 3.53. The third kappa shape index (κ3) is 4.37. The molecule has 3 aromatic carbocycles. The van der Waals surface area contributed by atoms with Crippen molar-refractivity contribution in [1.82, 2.24) is 4.90 Å². The monoisotopic (exact) mass is 435 g/mol. The van der Waals surface area contributed by atoms with E-state index in [1.165, 1.54) is 4.90 Å². The number of aromatic hydroxyl groups is 1. The first-order chi connectivity index (χ1) is 15.1. The molecule has 0 aliphatic carbocycles. The highest BCUT2D eigenvalue weighted by Crippen LogP contribution is 2.34. The number of benzene rings is 2.